The first-order chi connectivity index (χ1) is 17.5. The maximum Gasteiger partial charge on any atom is 0.261 e. The number of hydrogen-bond acceptors (Lipinski definition) is 8. The van der Waals surface area contributed by atoms with Crippen molar-refractivity contribution >= 4 is 33.7 Å². The monoisotopic (exact) mass is 573 g/mol. The highest BCUT2D eigenvalue weighted by atomic mass is 32.2. The average molecular weight is 574 g/mol. The van der Waals surface area contributed by atoms with Crippen LogP contribution in [0.15, 0.2) is 18.2 Å². The second-order valence-corrected chi connectivity index (χ2v) is 14.0. The number of aromatic hydroxyl groups is 1. The summed E-state index contributed by atoms with van der Waals surface area (Å²) in [5.41, 5.74) is 0.589. The number of likely N-dealkylation sites (tertiary alicyclic amines) is 1. The SMILES string of the molecule is CCC(NC(=O)c1cccc(O)c1C)C(O)CN1CC2CCSC2C[C@H]1C(=O)NC(C)(C)C.CS(=O)(=O)O. The summed E-state index contributed by atoms with van der Waals surface area (Å²) in [5, 5.41) is 27.6. The number of carbonyl (C=O) groups excluding carboxylic acids is 2. The molecule has 5 N–H and O–H groups in total. The van der Waals surface area contributed by atoms with E-state index in [1.54, 1.807) is 25.1 Å². The van der Waals surface area contributed by atoms with Gasteiger partial charge in [-0.2, -0.15) is 20.2 Å². The summed E-state index contributed by atoms with van der Waals surface area (Å²) in [6.45, 7) is 10.7. The molecule has 0 radical (unpaired) electrons. The van der Waals surface area contributed by atoms with Crippen molar-refractivity contribution in [3.8, 4) is 5.75 Å². The highest BCUT2D eigenvalue weighted by molar-refractivity contribution is 8.00. The Morgan fingerprint density at radius 3 is 2.47 bits per heavy atom. The Hall–Kier alpha value is -1.86. The Morgan fingerprint density at radius 2 is 1.89 bits per heavy atom. The fourth-order valence-electron chi connectivity index (χ4n) is 4.84. The van der Waals surface area contributed by atoms with Gasteiger partial charge in [-0.25, -0.2) is 0 Å². The molecule has 0 saturated carbocycles. The molecule has 10 nitrogen and oxygen atoms in total. The summed E-state index contributed by atoms with van der Waals surface area (Å²) in [6, 6.07) is 4.11. The van der Waals surface area contributed by atoms with Crippen LogP contribution in [0.5, 0.6) is 5.75 Å². The average Bonchev–Trinajstić information content (AvgIpc) is 3.23. The molecule has 12 heteroatoms. The number of piperidine rings is 1. The Bertz CT molecular complexity index is 1070. The summed E-state index contributed by atoms with van der Waals surface area (Å²) >= 11 is 1.96. The molecule has 38 heavy (non-hydrogen) atoms. The van der Waals surface area contributed by atoms with Gasteiger partial charge in [0.2, 0.25) is 5.91 Å². The van der Waals surface area contributed by atoms with Crippen LogP contribution >= 0.6 is 11.8 Å². The lowest BCUT2D eigenvalue weighted by atomic mass is 9.89. The summed E-state index contributed by atoms with van der Waals surface area (Å²) in [5.74, 6) is 1.41. The molecule has 1 aromatic rings. The number of amides is 2. The lowest BCUT2D eigenvalue weighted by molar-refractivity contribution is -0.130. The molecule has 2 fully saturated rings. The fraction of sp³-hybridized carbons (Fsp3) is 0.692. The van der Waals surface area contributed by atoms with Crippen LogP contribution in [0, 0.1) is 12.8 Å². The van der Waals surface area contributed by atoms with E-state index in [2.05, 4.69) is 15.5 Å². The lowest BCUT2D eigenvalue weighted by Crippen LogP contribution is -2.60. The minimum absolute atomic E-state index is 0.00752. The van der Waals surface area contributed by atoms with Gasteiger partial charge in [0.25, 0.3) is 16.0 Å². The number of β-amino-alcohol motifs (C(OH)–C–C–N with tert-alkyl or cyclic N) is 1. The summed E-state index contributed by atoms with van der Waals surface area (Å²) < 4.78 is 25.9. The van der Waals surface area contributed by atoms with Crippen LogP contribution in [0.25, 0.3) is 0 Å². The van der Waals surface area contributed by atoms with Gasteiger partial charge in [-0.3, -0.25) is 19.0 Å². The Balaban J connectivity index is 0.000000926. The number of thioether (sulfide) groups is 1. The van der Waals surface area contributed by atoms with Crippen LogP contribution < -0.4 is 10.6 Å². The number of nitrogens with one attached hydrogen (secondary N) is 2. The van der Waals surface area contributed by atoms with Gasteiger partial charge in [0.1, 0.15) is 5.75 Å². The minimum atomic E-state index is -3.67. The molecule has 2 aliphatic rings. The fourth-order valence-corrected chi connectivity index (χ4v) is 6.39. The maximum atomic E-state index is 13.1. The quantitative estimate of drug-likeness (QED) is 0.309. The van der Waals surface area contributed by atoms with Gasteiger partial charge in [-0.05, 0) is 70.8 Å². The molecule has 2 amide bonds. The second-order valence-electron chi connectivity index (χ2n) is 11.1. The van der Waals surface area contributed by atoms with Gasteiger partial charge in [-0.1, -0.05) is 13.0 Å². The minimum Gasteiger partial charge on any atom is -0.508 e. The number of phenolic OH excluding ortho intramolecular Hbond substituents is 1. The number of aliphatic hydroxyl groups excluding tert-OH is 1. The van der Waals surface area contributed by atoms with Crippen LogP contribution in [0.4, 0.5) is 0 Å². The van der Waals surface area contributed by atoms with Crippen molar-refractivity contribution < 1.29 is 32.8 Å². The van der Waals surface area contributed by atoms with E-state index in [9.17, 15) is 28.2 Å². The zero-order valence-electron chi connectivity index (χ0n) is 23.1. The van der Waals surface area contributed by atoms with E-state index in [-0.39, 0.29) is 29.1 Å². The van der Waals surface area contributed by atoms with Gasteiger partial charge in [0.05, 0.1) is 24.4 Å². The van der Waals surface area contributed by atoms with Crippen LogP contribution in [-0.4, -0.2) is 94.0 Å². The van der Waals surface area contributed by atoms with Crippen molar-refractivity contribution in [2.75, 3.05) is 25.1 Å². The van der Waals surface area contributed by atoms with Crippen LogP contribution in [-0.2, 0) is 14.9 Å². The largest absolute Gasteiger partial charge is 0.508 e. The molecule has 216 valence electrons. The van der Waals surface area contributed by atoms with E-state index in [4.69, 9.17) is 4.55 Å². The van der Waals surface area contributed by atoms with E-state index < -0.39 is 22.3 Å². The van der Waals surface area contributed by atoms with E-state index in [0.29, 0.717) is 41.5 Å². The molecule has 3 rings (SSSR count). The van der Waals surface area contributed by atoms with Crippen molar-refractivity contribution in [3.63, 3.8) is 0 Å². The highest BCUT2D eigenvalue weighted by Crippen LogP contribution is 2.40. The first kappa shape index (κ1) is 32.4. The Morgan fingerprint density at radius 1 is 1.26 bits per heavy atom. The van der Waals surface area contributed by atoms with Gasteiger partial charge < -0.3 is 20.8 Å². The summed E-state index contributed by atoms with van der Waals surface area (Å²) in [7, 11) is -3.67. The number of carbonyl (C=O) groups is 2. The zero-order valence-corrected chi connectivity index (χ0v) is 24.7. The van der Waals surface area contributed by atoms with Crippen molar-refractivity contribution in [2.45, 2.75) is 82.9 Å². The molecule has 1 aromatic carbocycles. The third kappa shape index (κ3) is 10.0. The number of hydrogen-bond donors (Lipinski definition) is 5. The van der Waals surface area contributed by atoms with E-state index >= 15 is 0 Å². The van der Waals surface area contributed by atoms with Crippen molar-refractivity contribution in [3.05, 3.63) is 29.3 Å². The number of benzene rings is 1. The number of rotatable bonds is 7. The van der Waals surface area contributed by atoms with E-state index in [0.717, 1.165) is 25.1 Å². The highest BCUT2D eigenvalue weighted by Gasteiger charge is 2.43. The van der Waals surface area contributed by atoms with Crippen molar-refractivity contribution in [1.29, 1.82) is 0 Å². The first-order valence-corrected chi connectivity index (χ1v) is 15.8. The Kier molecular flexibility index (Phi) is 11.5. The van der Waals surface area contributed by atoms with Crippen LogP contribution in [0.3, 0.4) is 0 Å². The summed E-state index contributed by atoms with van der Waals surface area (Å²) in [6.07, 6.45) is 2.38. The molecule has 4 unspecified atom stereocenters. The number of fused-ring (bicyclic) bond motifs is 1. The van der Waals surface area contributed by atoms with E-state index in [1.807, 2.05) is 39.5 Å². The van der Waals surface area contributed by atoms with Gasteiger partial charge in [-0.15, -0.1) is 0 Å². The van der Waals surface area contributed by atoms with Gasteiger partial charge >= 0.3 is 0 Å². The number of phenols is 1. The molecular formula is C26H43N3O7S2. The van der Waals surface area contributed by atoms with Crippen LogP contribution in [0.1, 0.15) is 62.9 Å². The molecule has 0 aliphatic carbocycles. The normalized spacial score (nSPS) is 23.4. The van der Waals surface area contributed by atoms with Crippen LogP contribution in [0.2, 0.25) is 0 Å². The lowest BCUT2D eigenvalue weighted by Gasteiger charge is -2.43. The zero-order chi connectivity index (χ0) is 28.8. The molecule has 2 aliphatic heterocycles. The third-order valence-corrected chi connectivity index (χ3v) is 8.18. The Labute approximate surface area is 230 Å². The maximum absolute atomic E-state index is 13.1. The predicted molar refractivity (Wildman–Crippen MR) is 150 cm³/mol. The number of aliphatic hydroxyl groups is 1. The molecule has 0 bridgehead atoms. The molecule has 0 spiro atoms. The van der Waals surface area contributed by atoms with Crippen molar-refractivity contribution in [1.82, 2.24) is 15.5 Å². The van der Waals surface area contributed by atoms with Gasteiger partial charge in [0.15, 0.2) is 0 Å². The first-order valence-electron chi connectivity index (χ1n) is 12.9. The topological polar surface area (TPSA) is 156 Å². The standard InChI is InChI=1S/C25H39N3O4S.CH4O3S/c1-6-18(26-23(31)17-8-7-9-20(29)15(17)2)21(30)14-28-13-16-10-11-33-22(16)12-19(28)24(32)27-25(3,4)5;1-5(2,3)4/h7-9,16,18-19,21-22,29-30H,6,10-14H2,1-5H3,(H,26,31)(H,27,32);1H3,(H,2,3,4)/t16?,18?,19-,21?,22?;/m0./s1. The van der Waals surface area contributed by atoms with E-state index in [1.165, 1.54) is 0 Å². The predicted octanol–water partition coefficient (Wildman–Crippen LogP) is 2.18. The third-order valence-electron chi connectivity index (χ3n) is 6.70. The summed E-state index contributed by atoms with van der Waals surface area (Å²) in [4.78, 5) is 28.1. The molecule has 0 aromatic heterocycles. The molecule has 2 saturated heterocycles. The second kappa shape index (κ2) is 13.5. The van der Waals surface area contributed by atoms with Crippen molar-refractivity contribution in [2.24, 2.45) is 5.92 Å². The molecular weight excluding hydrogens is 530 g/mol. The van der Waals surface area contributed by atoms with Gasteiger partial charge in [0, 0.05) is 35.0 Å². The molecule has 2 heterocycles. The smallest absolute Gasteiger partial charge is 0.261 e. The molecule has 5 atom stereocenters. The number of nitrogens with zero attached hydrogens (tertiary/aromatic N) is 1.